The molecule has 0 aliphatic carbocycles. The van der Waals surface area contributed by atoms with E-state index in [0.29, 0.717) is 23.7 Å². The van der Waals surface area contributed by atoms with Gasteiger partial charge in [-0.2, -0.15) is 0 Å². The Morgan fingerprint density at radius 1 is 1.67 bits per heavy atom. The van der Waals surface area contributed by atoms with Crippen molar-refractivity contribution in [3.63, 3.8) is 0 Å². The van der Waals surface area contributed by atoms with Crippen LogP contribution in [0.1, 0.15) is 0 Å². The van der Waals surface area contributed by atoms with Crippen molar-refractivity contribution >= 4 is 18.0 Å². The smallest absolute Gasteiger partial charge is 0.253 e. The molecule has 1 aromatic rings. The van der Waals surface area contributed by atoms with Crippen molar-refractivity contribution in [2.24, 2.45) is 5.73 Å². The summed E-state index contributed by atoms with van der Waals surface area (Å²) in [6.07, 6.45) is 0. The zero-order valence-corrected chi connectivity index (χ0v) is 7.23. The molecular weight excluding hydrogens is 176 g/mol. The maximum atomic E-state index is 10.8. The first kappa shape index (κ1) is 8.95. The molecule has 0 aliphatic heterocycles. The second-order valence-corrected chi connectivity index (χ2v) is 2.69. The van der Waals surface area contributed by atoms with Crippen molar-refractivity contribution < 1.29 is 0 Å². The molecule has 0 aliphatic rings. The topological polar surface area (TPSA) is 89.8 Å². The molecule has 0 fully saturated rings. The minimum absolute atomic E-state index is 0.286. The number of nitrogens with two attached hydrogens (primary N) is 2. The number of nitrogen functional groups attached to an aromatic ring is 1. The standard InChI is InChI=1S/C6H10N4OS/c7-1-2-10-4(8)3-5(11)9-6(10)12/h3H,1-2,7-8H2,(H,9,11,12). The van der Waals surface area contributed by atoms with E-state index in [1.165, 1.54) is 6.07 Å². The second kappa shape index (κ2) is 3.51. The van der Waals surface area contributed by atoms with Crippen molar-refractivity contribution in [1.82, 2.24) is 9.55 Å². The fraction of sp³-hybridized carbons (Fsp3) is 0.333. The molecule has 5 N–H and O–H groups in total. The summed E-state index contributed by atoms with van der Waals surface area (Å²) in [6.45, 7) is 0.950. The van der Waals surface area contributed by atoms with E-state index in [2.05, 4.69) is 4.98 Å². The molecule has 0 saturated carbocycles. The van der Waals surface area contributed by atoms with E-state index < -0.39 is 0 Å². The number of hydrogen-bond donors (Lipinski definition) is 3. The van der Waals surface area contributed by atoms with Crippen LogP contribution in [0.4, 0.5) is 5.82 Å². The summed E-state index contributed by atoms with van der Waals surface area (Å²) in [6, 6.07) is 1.28. The lowest BCUT2D eigenvalue weighted by Crippen LogP contribution is -2.19. The normalized spacial score (nSPS) is 10.1. The minimum atomic E-state index is -0.286. The van der Waals surface area contributed by atoms with Gasteiger partial charge in [-0.05, 0) is 12.2 Å². The Bertz CT molecular complexity index is 380. The molecule has 0 atom stereocenters. The average molecular weight is 186 g/mol. The number of nitrogens with zero attached hydrogens (tertiary/aromatic N) is 1. The van der Waals surface area contributed by atoms with Gasteiger partial charge in [-0.25, -0.2) is 0 Å². The van der Waals surface area contributed by atoms with E-state index >= 15 is 0 Å². The van der Waals surface area contributed by atoms with Crippen LogP contribution in [-0.4, -0.2) is 16.1 Å². The van der Waals surface area contributed by atoms with Gasteiger partial charge in [-0.15, -0.1) is 0 Å². The van der Waals surface area contributed by atoms with Crippen LogP contribution in [-0.2, 0) is 6.54 Å². The number of hydrogen-bond acceptors (Lipinski definition) is 4. The van der Waals surface area contributed by atoms with Gasteiger partial charge in [0.05, 0.1) is 0 Å². The highest BCUT2D eigenvalue weighted by Gasteiger charge is 1.97. The number of rotatable bonds is 2. The van der Waals surface area contributed by atoms with Crippen LogP contribution < -0.4 is 17.0 Å². The average Bonchev–Trinajstić information content (AvgIpc) is 1.96. The van der Waals surface area contributed by atoms with Crippen molar-refractivity contribution in [2.45, 2.75) is 6.54 Å². The molecular formula is C6H10N4OS. The quantitative estimate of drug-likeness (QED) is 0.540. The molecule has 0 amide bonds. The first-order valence-corrected chi connectivity index (χ1v) is 3.85. The summed E-state index contributed by atoms with van der Waals surface area (Å²) in [4.78, 5) is 13.3. The van der Waals surface area contributed by atoms with E-state index in [9.17, 15) is 4.79 Å². The van der Waals surface area contributed by atoms with Crippen molar-refractivity contribution in [1.29, 1.82) is 0 Å². The summed E-state index contributed by atoms with van der Waals surface area (Å²) in [5.41, 5.74) is 10.6. The molecule has 5 nitrogen and oxygen atoms in total. The maximum absolute atomic E-state index is 10.8. The van der Waals surface area contributed by atoms with E-state index in [-0.39, 0.29) is 5.56 Å². The van der Waals surface area contributed by atoms with E-state index in [4.69, 9.17) is 23.7 Å². The highest BCUT2D eigenvalue weighted by atomic mass is 32.1. The van der Waals surface area contributed by atoms with Crippen LogP contribution in [0.3, 0.4) is 0 Å². The lowest BCUT2D eigenvalue weighted by molar-refractivity contribution is 0.683. The van der Waals surface area contributed by atoms with Gasteiger partial charge >= 0.3 is 0 Å². The number of anilines is 1. The van der Waals surface area contributed by atoms with E-state index in [1.54, 1.807) is 4.57 Å². The SMILES string of the molecule is NCCn1c(N)cc(=O)[nH]c1=S. The zero-order chi connectivity index (χ0) is 9.14. The van der Waals surface area contributed by atoms with Crippen LogP contribution in [0.15, 0.2) is 10.9 Å². The van der Waals surface area contributed by atoms with Crippen LogP contribution in [0.25, 0.3) is 0 Å². The predicted molar refractivity (Wildman–Crippen MR) is 49.4 cm³/mol. The molecule has 1 aromatic heterocycles. The van der Waals surface area contributed by atoms with Gasteiger partial charge < -0.3 is 16.0 Å². The molecule has 66 valence electrons. The summed E-state index contributed by atoms with van der Waals surface area (Å²) in [5, 5.41) is 0. The Kier molecular flexibility index (Phi) is 2.61. The summed E-state index contributed by atoms with van der Waals surface area (Å²) >= 11 is 4.86. The third-order valence-corrected chi connectivity index (χ3v) is 1.74. The first-order valence-electron chi connectivity index (χ1n) is 3.45. The summed E-state index contributed by atoms with van der Waals surface area (Å²) in [7, 11) is 0. The molecule has 0 bridgehead atoms. The van der Waals surface area contributed by atoms with Gasteiger partial charge in [0, 0.05) is 19.2 Å². The Morgan fingerprint density at radius 3 is 2.83 bits per heavy atom. The van der Waals surface area contributed by atoms with Crippen LogP contribution in [0.5, 0.6) is 0 Å². The van der Waals surface area contributed by atoms with Gasteiger partial charge in [0.1, 0.15) is 5.82 Å². The number of aromatic nitrogens is 2. The lowest BCUT2D eigenvalue weighted by atomic mass is 10.5. The molecule has 1 heterocycles. The van der Waals surface area contributed by atoms with Crippen LogP contribution >= 0.6 is 12.2 Å². The molecule has 12 heavy (non-hydrogen) atoms. The third kappa shape index (κ3) is 1.72. The number of nitrogens with one attached hydrogen (secondary N) is 1. The second-order valence-electron chi connectivity index (χ2n) is 2.30. The number of H-pyrrole nitrogens is 1. The van der Waals surface area contributed by atoms with E-state index in [0.717, 1.165) is 0 Å². The van der Waals surface area contributed by atoms with Crippen molar-refractivity contribution in [2.75, 3.05) is 12.3 Å². The van der Waals surface area contributed by atoms with E-state index in [1.807, 2.05) is 0 Å². The Balaban J connectivity index is 3.29. The van der Waals surface area contributed by atoms with Crippen molar-refractivity contribution in [3.05, 3.63) is 21.2 Å². The first-order chi connectivity index (χ1) is 5.65. The fourth-order valence-electron chi connectivity index (χ4n) is 0.898. The van der Waals surface area contributed by atoms with Gasteiger partial charge in [-0.3, -0.25) is 9.78 Å². The van der Waals surface area contributed by atoms with Crippen molar-refractivity contribution in [3.8, 4) is 0 Å². The fourth-order valence-corrected chi connectivity index (χ4v) is 1.20. The van der Waals surface area contributed by atoms with Crippen LogP contribution in [0, 0.1) is 4.77 Å². The maximum Gasteiger partial charge on any atom is 0.253 e. The highest BCUT2D eigenvalue weighted by molar-refractivity contribution is 7.71. The summed E-state index contributed by atoms with van der Waals surface area (Å²) < 4.78 is 1.89. The Labute approximate surface area is 74.0 Å². The predicted octanol–water partition coefficient (Wildman–Crippen LogP) is -0.553. The van der Waals surface area contributed by atoms with Gasteiger partial charge in [0.25, 0.3) is 5.56 Å². The molecule has 0 radical (unpaired) electrons. The highest BCUT2D eigenvalue weighted by Crippen LogP contribution is 1.97. The zero-order valence-electron chi connectivity index (χ0n) is 6.41. The monoisotopic (exact) mass is 186 g/mol. The molecule has 1 rings (SSSR count). The molecule has 6 heteroatoms. The van der Waals surface area contributed by atoms with Gasteiger partial charge in [0.2, 0.25) is 0 Å². The molecule has 0 spiro atoms. The Morgan fingerprint density at radius 2 is 2.33 bits per heavy atom. The lowest BCUT2D eigenvalue weighted by Gasteiger charge is -2.07. The van der Waals surface area contributed by atoms with Crippen LogP contribution in [0.2, 0.25) is 0 Å². The van der Waals surface area contributed by atoms with Gasteiger partial charge in [-0.1, -0.05) is 0 Å². The third-order valence-electron chi connectivity index (χ3n) is 1.42. The molecule has 0 aromatic carbocycles. The molecule has 0 unspecified atom stereocenters. The van der Waals surface area contributed by atoms with Gasteiger partial charge in [0.15, 0.2) is 4.77 Å². The molecule has 0 saturated heterocycles. The minimum Gasteiger partial charge on any atom is -0.385 e. The Hall–Kier alpha value is -1.14. The number of aromatic amines is 1. The summed E-state index contributed by atoms with van der Waals surface area (Å²) in [5.74, 6) is 0.342. The largest absolute Gasteiger partial charge is 0.385 e.